The van der Waals surface area contributed by atoms with Gasteiger partial charge < -0.3 is 9.67 Å². The van der Waals surface area contributed by atoms with Crippen molar-refractivity contribution in [3.05, 3.63) is 64.6 Å². The van der Waals surface area contributed by atoms with Crippen LogP contribution in [0.1, 0.15) is 10.4 Å². The molecule has 0 aliphatic rings. The van der Waals surface area contributed by atoms with E-state index in [-0.39, 0.29) is 11.1 Å². The Balaban J connectivity index is 2.01. The summed E-state index contributed by atoms with van der Waals surface area (Å²) in [6.07, 6.45) is 1.39. The average Bonchev–Trinajstić information content (AvgIpc) is 2.42. The molecule has 1 aromatic carbocycles. The van der Waals surface area contributed by atoms with Crippen molar-refractivity contribution < 1.29 is 9.90 Å². The van der Waals surface area contributed by atoms with Crippen molar-refractivity contribution in [1.82, 2.24) is 4.57 Å². The summed E-state index contributed by atoms with van der Waals surface area (Å²) in [7, 11) is 0. The Bertz CT molecular complexity index is 622. The minimum absolute atomic E-state index is 0.129. The number of nitrogens with zero attached hydrogens (tertiary/aromatic N) is 1. The van der Waals surface area contributed by atoms with E-state index in [1.54, 1.807) is 11.8 Å². The van der Waals surface area contributed by atoms with Gasteiger partial charge in [0, 0.05) is 29.5 Å². The molecule has 0 amide bonds. The SMILES string of the molecule is O=C(O)c1ccc(=O)n(CCSc2ccccc2)c1. The summed E-state index contributed by atoms with van der Waals surface area (Å²) in [4.78, 5) is 23.6. The smallest absolute Gasteiger partial charge is 0.337 e. The fourth-order valence-electron chi connectivity index (χ4n) is 1.61. The number of pyridine rings is 1. The quantitative estimate of drug-likeness (QED) is 0.851. The Labute approximate surface area is 114 Å². The molecular weight excluding hydrogens is 262 g/mol. The fraction of sp³-hybridized carbons (Fsp3) is 0.143. The predicted molar refractivity (Wildman–Crippen MR) is 74.8 cm³/mol. The molecule has 19 heavy (non-hydrogen) atoms. The number of aryl methyl sites for hydroxylation is 1. The summed E-state index contributed by atoms with van der Waals surface area (Å²) in [5, 5.41) is 8.88. The van der Waals surface area contributed by atoms with E-state index >= 15 is 0 Å². The number of rotatable bonds is 5. The van der Waals surface area contributed by atoms with Crippen molar-refractivity contribution in [1.29, 1.82) is 0 Å². The maximum atomic E-state index is 11.6. The monoisotopic (exact) mass is 275 g/mol. The van der Waals surface area contributed by atoms with Gasteiger partial charge in [-0.2, -0.15) is 0 Å². The van der Waals surface area contributed by atoms with Gasteiger partial charge in [-0.15, -0.1) is 11.8 Å². The van der Waals surface area contributed by atoms with E-state index in [9.17, 15) is 9.59 Å². The van der Waals surface area contributed by atoms with Crippen LogP contribution in [0.15, 0.2) is 58.4 Å². The van der Waals surface area contributed by atoms with Crippen molar-refractivity contribution in [3.63, 3.8) is 0 Å². The zero-order valence-corrected chi connectivity index (χ0v) is 11.0. The van der Waals surface area contributed by atoms with Crippen molar-refractivity contribution >= 4 is 17.7 Å². The van der Waals surface area contributed by atoms with Crippen LogP contribution in [0.5, 0.6) is 0 Å². The molecule has 1 heterocycles. The van der Waals surface area contributed by atoms with Crippen LogP contribution in [0, 0.1) is 0 Å². The highest BCUT2D eigenvalue weighted by Crippen LogP contribution is 2.16. The van der Waals surface area contributed by atoms with Crippen molar-refractivity contribution in [3.8, 4) is 0 Å². The topological polar surface area (TPSA) is 59.3 Å². The Morgan fingerprint density at radius 2 is 1.89 bits per heavy atom. The summed E-state index contributed by atoms with van der Waals surface area (Å²) >= 11 is 1.63. The number of benzene rings is 1. The largest absolute Gasteiger partial charge is 0.478 e. The number of hydrogen-bond donors (Lipinski definition) is 1. The fourth-order valence-corrected chi connectivity index (χ4v) is 2.48. The van der Waals surface area contributed by atoms with E-state index < -0.39 is 5.97 Å². The molecule has 0 aliphatic carbocycles. The summed E-state index contributed by atoms with van der Waals surface area (Å²) in [6, 6.07) is 12.5. The van der Waals surface area contributed by atoms with Gasteiger partial charge in [0.1, 0.15) is 0 Å². The van der Waals surface area contributed by atoms with E-state index in [1.807, 2.05) is 30.3 Å². The van der Waals surface area contributed by atoms with Crippen LogP contribution in [-0.2, 0) is 6.54 Å². The molecule has 0 saturated carbocycles. The van der Waals surface area contributed by atoms with E-state index in [0.29, 0.717) is 12.3 Å². The zero-order valence-electron chi connectivity index (χ0n) is 10.2. The van der Waals surface area contributed by atoms with Crippen molar-refractivity contribution in [2.75, 3.05) is 5.75 Å². The summed E-state index contributed by atoms with van der Waals surface area (Å²) in [5.74, 6) is -0.308. The summed E-state index contributed by atoms with van der Waals surface area (Å²) in [5.41, 5.74) is -0.0528. The highest BCUT2D eigenvalue weighted by atomic mass is 32.2. The highest BCUT2D eigenvalue weighted by molar-refractivity contribution is 7.99. The minimum atomic E-state index is -1.02. The Kier molecular flexibility index (Phi) is 4.41. The molecule has 98 valence electrons. The average molecular weight is 275 g/mol. The molecule has 0 saturated heterocycles. The maximum Gasteiger partial charge on any atom is 0.337 e. The molecule has 5 heteroatoms. The number of aromatic nitrogens is 1. The first-order valence-corrected chi connectivity index (χ1v) is 6.77. The first-order chi connectivity index (χ1) is 9.16. The van der Waals surface area contributed by atoms with E-state index in [2.05, 4.69) is 0 Å². The lowest BCUT2D eigenvalue weighted by Crippen LogP contribution is -2.21. The van der Waals surface area contributed by atoms with E-state index in [0.717, 1.165) is 4.90 Å². The lowest BCUT2D eigenvalue weighted by Gasteiger charge is -2.06. The van der Waals surface area contributed by atoms with Crippen LogP contribution in [-0.4, -0.2) is 21.4 Å². The van der Waals surface area contributed by atoms with Gasteiger partial charge in [0.05, 0.1) is 5.56 Å². The first kappa shape index (κ1) is 13.4. The number of carboxylic acid groups (broad SMARTS) is 1. The van der Waals surface area contributed by atoms with Gasteiger partial charge in [0.25, 0.3) is 5.56 Å². The molecular formula is C14H13NO3S. The number of hydrogen-bond acceptors (Lipinski definition) is 3. The molecule has 0 atom stereocenters. The normalized spacial score (nSPS) is 10.3. The summed E-state index contributed by atoms with van der Waals surface area (Å²) < 4.78 is 1.43. The van der Waals surface area contributed by atoms with Crippen LogP contribution >= 0.6 is 11.8 Å². The third kappa shape index (κ3) is 3.72. The first-order valence-electron chi connectivity index (χ1n) is 5.78. The standard InChI is InChI=1S/C14H13NO3S/c16-13-7-6-11(14(17)18)10-15(13)8-9-19-12-4-2-1-3-5-12/h1-7,10H,8-9H2,(H,17,18). The van der Waals surface area contributed by atoms with E-state index in [1.165, 1.54) is 22.9 Å². The van der Waals surface area contributed by atoms with Crippen LogP contribution in [0.25, 0.3) is 0 Å². The van der Waals surface area contributed by atoms with Gasteiger partial charge in [0.2, 0.25) is 0 Å². The molecule has 0 unspecified atom stereocenters. The van der Waals surface area contributed by atoms with Crippen molar-refractivity contribution in [2.24, 2.45) is 0 Å². The second-order valence-electron chi connectivity index (χ2n) is 3.92. The molecule has 2 aromatic rings. The predicted octanol–water partition coefficient (Wildman–Crippen LogP) is 2.34. The zero-order chi connectivity index (χ0) is 13.7. The molecule has 0 spiro atoms. The highest BCUT2D eigenvalue weighted by Gasteiger charge is 2.05. The second kappa shape index (κ2) is 6.24. The third-order valence-electron chi connectivity index (χ3n) is 2.57. The molecule has 1 N–H and O–H groups in total. The van der Waals surface area contributed by atoms with Crippen LogP contribution in [0.3, 0.4) is 0 Å². The molecule has 0 radical (unpaired) electrons. The van der Waals surface area contributed by atoms with Gasteiger partial charge in [-0.25, -0.2) is 4.79 Å². The molecule has 0 fully saturated rings. The van der Waals surface area contributed by atoms with Gasteiger partial charge in [-0.3, -0.25) is 4.79 Å². The molecule has 0 aliphatic heterocycles. The molecule has 1 aromatic heterocycles. The number of aromatic carboxylic acids is 1. The molecule has 4 nitrogen and oxygen atoms in total. The van der Waals surface area contributed by atoms with Crippen LogP contribution in [0.2, 0.25) is 0 Å². The molecule has 0 bridgehead atoms. The lowest BCUT2D eigenvalue weighted by atomic mass is 10.3. The summed E-state index contributed by atoms with van der Waals surface area (Å²) in [6.45, 7) is 0.486. The van der Waals surface area contributed by atoms with Gasteiger partial charge in [-0.1, -0.05) is 18.2 Å². The Morgan fingerprint density at radius 3 is 2.58 bits per heavy atom. The number of thioether (sulfide) groups is 1. The Hall–Kier alpha value is -2.01. The Morgan fingerprint density at radius 1 is 1.16 bits per heavy atom. The second-order valence-corrected chi connectivity index (χ2v) is 5.08. The molecule has 2 rings (SSSR count). The number of carbonyl (C=O) groups is 1. The van der Waals surface area contributed by atoms with Crippen LogP contribution in [0.4, 0.5) is 0 Å². The third-order valence-corrected chi connectivity index (χ3v) is 3.57. The minimum Gasteiger partial charge on any atom is -0.478 e. The van der Waals surface area contributed by atoms with Crippen molar-refractivity contribution in [2.45, 2.75) is 11.4 Å². The van der Waals surface area contributed by atoms with Gasteiger partial charge in [0.15, 0.2) is 0 Å². The van der Waals surface area contributed by atoms with E-state index in [4.69, 9.17) is 5.11 Å². The van der Waals surface area contributed by atoms with Crippen LogP contribution < -0.4 is 5.56 Å². The van der Waals surface area contributed by atoms with Gasteiger partial charge >= 0.3 is 5.97 Å². The maximum absolute atomic E-state index is 11.6. The van der Waals surface area contributed by atoms with Gasteiger partial charge in [-0.05, 0) is 18.2 Å². The number of carboxylic acids is 1. The lowest BCUT2D eigenvalue weighted by molar-refractivity contribution is 0.0696.